The van der Waals surface area contributed by atoms with Crippen LogP contribution in [0, 0.1) is 11.3 Å². The van der Waals surface area contributed by atoms with Crippen molar-refractivity contribution in [2.45, 2.75) is 44.8 Å². The number of nitrogens with zero attached hydrogens (tertiary/aromatic N) is 1. The van der Waals surface area contributed by atoms with E-state index < -0.39 is 5.54 Å². The fourth-order valence-corrected chi connectivity index (χ4v) is 2.74. The van der Waals surface area contributed by atoms with Crippen molar-refractivity contribution in [2.24, 2.45) is 0 Å². The van der Waals surface area contributed by atoms with Crippen molar-refractivity contribution in [2.75, 3.05) is 13.2 Å². The summed E-state index contributed by atoms with van der Waals surface area (Å²) in [6.07, 6.45) is 2.51. The molecule has 0 amide bonds. The molecule has 0 aromatic heterocycles. The Hall–Kier alpha value is -1.73. The first-order valence-corrected chi connectivity index (χ1v) is 7.27. The van der Waals surface area contributed by atoms with Crippen LogP contribution in [-0.4, -0.2) is 24.8 Å². The lowest BCUT2D eigenvalue weighted by atomic mass is 10.00. The first kappa shape index (κ1) is 14.7. The largest absolute Gasteiger partial charge is 0.490 e. The van der Waals surface area contributed by atoms with E-state index in [0.717, 1.165) is 37.3 Å². The molecule has 1 aliphatic rings. The van der Waals surface area contributed by atoms with E-state index in [-0.39, 0.29) is 6.10 Å². The Morgan fingerprint density at radius 3 is 2.75 bits per heavy atom. The van der Waals surface area contributed by atoms with E-state index in [1.165, 1.54) is 0 Å². The van der Waals surface area contributed by atoms with Crippen LogP contribution in [0.25, 0.3) is 0 Å². The van der Waals surface area contributed by atoms with E-state index in [0.29, 0.717) is 6.61 Å². The summed E-state index contributed by atoms with van der Waals surface area (Å²) in [5, 5.41) is 12.7. The van der Waals surface area contributed by atoms with Gasteiger partial charge in [0.05, 0.1) is 12.7 Å². The Kier molecular flexibility index (Phi) is 4.86. The van der Waals surface area contributed by atoms with Gasteiger partial charge in [-0.1, -0.05) is 19.1 Å². The maximum atomic E-state index is 9.38. The van der Waals surface area contributed by atoms with Gasteiger partial charge in [0.1, 0.15) is 11.6 Å². The number of hydrogen-bond donors (Lipinski definition) is 1. The molecule has 4 heteroatoms. The van der Waals surface area contributed by atoms with Gasteiger partial charge in [-0.2, -0.15) is 5.26 Å². The number of benzene rings is 1. The number of nitrogens with one attached hydrogen (secondary N) is 1. The second-order valence-electron chi connectivity index (χ2n) is 5.09. The van der Waals surface area contributed by atoms with Crippen LogP contribution in [0.2, 0.25) is 0 Å². The molecule has 0 saturated heterocycles. The zero-order valence-electron chi connectivity index (χ0n) is 12.2. The normalized spacial score (nSPS) is 25.1. The van der Waals surface area contributed by atoms with Gasteiger partial charge in [-0.25, -0.2) is 0 Å². The molecule has 1 saturated carbocycles. The summed E-state index contributed by atoms with van der Waals surface area (Å²) in [5.41, 5.74) is -0.431. The summed E-state index contributed by atoms with van der Waals surface area (Å²) in [5.74, 6) is 1.54. The zero-order valence-corrected chi connectivity index (χ0v) is 12.2. The van der Waals surface area contributed by atoms with Gasteiger partial charge < -0.3 is 9.47 Å². The lowest BCUT2D eigenvalue weighted by molar-refractivity contribution is 0.189. The summed E-state index contributed by atoms with van der Waals surface area (Å²) >= 11 is 0. The van der Waals surface area contributed by atoms with E-state index in [1.807, 2.05) is 38.1 Å². The Labute approximate surface area is 120 Å². The molecule has 0 heterocycles. The van der Waals surface area contributed by atoms with Crippen LogP contribution in [0.1, 0.15) is 33.1 Å². The van der Waals surface area contributed by atoms with Gasteiger partial charge in [0.25, 0.3) is 0 Å². The Bertz CT molecular complexity index is 484. The van der Waals surface area contributed by atoms with E-state index in [2.05, 4.69) is 11.4 Å². The van der Waals surface area contributed by atoms with E-state index >= 15 is 0 Å². The molecular formula is C16H22N2O2. The molecular weight excluding hydrogens is 252 g/mol. The van der Waals surface area contributed by atoms with Gasteiger partial charge >= 0.3 is 0 Å². The third kappa shape index (κ3) is 3.23. The van der Waals surface area contributed by atoms with E-state index in [1.54, 1.807) is 0 Å². The summed E-state index contributed by atoms with van der Waals surface area (Å²) in [4.78, 5) is 0. The third-order valence-corrected chi connectivity index (χ3v) is 3.64. The van der Waals surface area contributed by atoms with Crippen molar-refractivity contribution in [3.05, 3.63) is 24.3 Å². The molecule has 1 aliphatic carbocycles. The fraction of sp³-hybridized carbons (Fsp3) is 0.562. The van der Waals surface area contributed by atoms with Gasteiger partial charge in [0, 0.05) is 6.42 Å². The molecule has 2 atom stereocenters. The van der Waals surface area contributed by atoms with Crippen molar-refractivity contribution in [1.82, 2.24) is 5.32 Å². The maximum Gasteiger partial charge on any atom is 0.161 e. The van der Waals surface area contributed by atoms with Gasteiger partial charge in [-0.3, -0.25) is 5.32 Å². The molecule has 2 unspecified atom stereocenters. The Morgan fingerprint density at radius 2 is 2.10 bits per heavy atom. The highest BCUT2D eigenvalue weighted by Gasteiger charge is 2.40. The van der Waals surface area contributed by atoms with Crippen LogP contribution in [-0.2, 0) is 0 Å². The lowest BCUT2D eigenvalue weighted by Gasteiger charge is -2.22. The molecule has 0 aliphatic heterocycles. The van der Waals surface area contributed by atoms with E-state index in [4.69, 9.17) is 9.47 Å². The molecule has 1 fully saturated rings. The predicted octanol–water partition coefficient (Wildman–Crippen LogP) is 2.89. The number of hydrogen-bond acceptors (Lipinski definition) is 4. The highest BCUT2D eigenvalue weighted by atomic mass is 16.5. The summed E-state index contributed by atoms with van der Waals surface area (Å²) in [6, 6.07) is 10.1. The van der Waals surface area contributed by atoms with Crippen LogP contribution in [0.5, 0.6) is 11.5 Å². The Balaban J connectivity index is 2.04. The second kappa shape index (κ2) is 6.62. The van der Waals surface area contributed by atoms with Crippen LogP contribution in [0.4, 0.5) is 0 Å². The van der Waals surface area contributed by atoms with Gasteiger partial charge in [0.15, 0.2) is 11.5 Å². The first-order chi connectivity index (χ1) is 9.73. The SMILES string of the molecule is CCNC1(C#N)CCC(Oc2ccccc2OCC)C1. The average Bonchev–Trinajstić information content (AvgIpc) is 2.85. The lowest BCUT2D eigenvalue weighted by Crippen LogP contribution is -2.42. The fourth-order valence-electron chi connectivity index (χ4n) is 2.74. The van der Waals surface area contributed by atoms with Crippen molar-refractivity contribution < 1.29 is 9.47 Å². The number of para-hydroxylation sites is 2. The molecule has 1 aromatic carbocycles. The van der Waals surface area contributed by atoms with Gasteiger partial charge in [-0.05, 0) is 38.4 Å². The van der Waals surface area contributed by atoms with E-state index in [9.17, 15) is 5.26 Å². The number of ether oxygens (including phenoxy) is 2. The van der Waals surface area contributed by atoms with Crippen LogP contribution in [0.15, 0.2) is 24.3 Å². The van der Waals surface area contributed by atoms with Gasteiger partial charge in [-0.15, -0.1) is 0 Å². The first-order valence-electron chi connectivity index (χ1n) is 7.27. The quantitative estimate of drug-likeness (QED) is 0.866. The smallest absolute Gasteiger partial charge is 0.161 e. The van der Waals surface area contributed by atoms with Crippen molar-refractivity contribution in [3.63, 3.8) is 0 Å². The molecule has 1 aromatic rings. The molecule has 1 N–H and O–H groups in total. The summed E-state index contributed by atoms with van der Waals surface area (Å²) in [7, 11) is 0. The minimum atomic E-state index is -0.431. The maximum absolute atomic E-state index is 9.38. The Morgan fingerprint density at radius 1 is 1.35 bits per heavy atom. The molecule has 108 valence electrons. The van der Waals surface area contributed by atoms with Crippen LogP contribution >= 0.6 is 0 Å². The highest BCUT2D eigenvalue weighted by Crippen LogP contribution is 2.35. The number of rotatable bonds is 6. The molecule has 4 nitrogen and oxygen atoms in total. The second-order valence-corrected chi connectivity index (χ2v) is 5.09. The minimum Gasteiger partial charge on any atom is -0.490 e. The van der Waals surface area contributed by atoms with Gasteiger partial charge in [0.2, 0.25) is 0 Å². The van der Waals surface area contributed by atoms with Crippen molar-refractivity contribution in [3.8, 4) is 17.6 Å². The summed E-state index contributed by atoms with van der Waals surface area (Å²) < 4.78 is 11.6. The minimum absolute atomic E-state index is 0.0651. The molecule has 0 spiro atoms. The molecule has 20 heavy (non-hydrogen) atoms. The number of nitriles is 1. The topological polar surface area (TPSA) is 54.3 Å². The van der Waals surface area contributed by atoms with Crippen molar-refractivity contribution in [1.29, 1.82) is 5.26 Å². The molecule has 0 bridgehead atoms. The zero-order chi connectivity index (χ0) is 14.4. The highest BCUT2D eigenvalue weighted by molar-refractivity contribution is 5.39. The molecule has 2 rings (SSSR count). The molecule has 0 radical (unpaired) electrons. The van der Waals surface area contributed by atoms with Crippen LogP contribution < -0.4 is 14.8 Å². The monoisotopic (exact) mass is 274 g/mol. The predicted molar refractivity (Wildman–Crippen MR) is 77.9 cm³/mol. The third-order valence-electron chi connectivity index (χ3n) is 3.64. The standard InChI is InChI=1S/C16H22N2O2/c1-3-18-16(12-17)10-9-13(11-16)20-15-8-6-5-7-14(15)19-4-2/h5-8,13,18H,3-4,9-11H2,1-2H3. The summed E-state index contributed by atoms with van der Waals surface area (Å²) in [6.45, 7) is 5.40. The van der Waals surface area contributed by atoms with Crippen molar-refractivity contribution >= 4 is 0 Å². The van der Waals surface area contributed by atoms with Crippen LogP contribution in [0.3, 0.4) is 0 Å². The average molecular weight is 274 g/mol.